The first kappa shape index (κ1) is 46.1. The molecule has 0 aromatic carbocycles. The van der Waals surface area contributed by atoms with Gasteiger partial charge in [-0.3, -0.25) is 26.4 Å². The third kappa shape index (κ3) is 24.7. The van der Waals surface area contributed by atoms with E-state index in [4.69, 9.17) is 27.9 Å². The molecule has 2 rings (SSSR count). The van der Waals surface area contributed by atoms with E-state index < -0.39 is 5.97 Å². The van der Waals surface area contributed by atoms with Crippen molar-refractivity contribution in [3.63, 3.8) is 0 Å². The van der Waals surface area contributed by atoms with Crippen LogP contribution in [0.2, 0.25) is 0 Å². The number of allylic oxidation sites excluding steroid dienone is 3. The molecule has 0 spiro atoms. The van der Waals surface area contributed by atoms with Crippen LogP contribution >= 0.6 is 35.0 Å². The van der Waals surface area contributed by atoms with Gasteiger partial charge in [-0.1, -0.05) is 36.2 Å². The molecular formula is C32H63Cl2FN6O3S. The van der Waals surface area contributed by atoms with Crippen LogP contribution in [-0.4, -0.2) is 104 Å². The van der Waals surface area contributed by atoms with Crippen LogP contribution in [0.1, 0.15) is 72.6 Å². The maximum absolute atomic E-state index is 12.0. The molecule has 2 aliphatic rings. The fourth-order valence-corrected chi connectivity index (χ4v) is 5.72. The number of carbonyl (C=O) groups is 1. The number of hydrogen-bond donors (Lipinski definition) is 3. The van der Waals surface area contributed by atoms with E-state index >= 15 is 0 Å². The fraction of sp³-hybridized carbons (Fsp3) is 0.781. The van der Waals surface area contributed by atoms with E-state index in [-0.39, 0.29) is 12.5 Å². The Morgan fingerprint density at radius 1 is 1.09 bits per heavy atom. The number of hydrogen-bond acceptors (Lipinski definition) is 10. The quantitative estimate of drug-likeness (QED) is 0.0439. The van der Waals surface area contributed by atoms with Gasteiger partial charge in [0.25, 0.3) is 0 Å². The van der Waals surface area contributed by atoms with Gasteiger partial charge in [-0.05, 0) is 91.1 Å². The first-order valence-corrected chi connectivity index (χ1v) is 18.3. The van der Waals surface area contributed by atoms with Gasteiger partial charge in [0, 0.05) is 73.6 Å². The standard InChI is InChI=1S/C29H49ClFN3O3S.C2H5Cl.CH5N.H4N2/c1-5-26(23-33-14-11-27(12-15-33)8-10-29(35)37-31)21-28(9-7-24(2)30)36-25(3)22-34-18-16-32(17-19-34)13-6-20-38-4;1-2-3;2*1-2/h5,7,22,27-28H,6,8-21,23H2,1-4H3;2H2,1H3;2H2,1H3;1-2H2/b24-7+,25-22+,26-5+;;;. The summed E-state index contributed by atoms with van der Waals surface area (Å²) in [5, 5.41) is 0.790. The zero-order valence-electron chi connectivity index (χ0n) is 28.7. The molecular weight excluding hydrogens is 638 g/mol. The number of rotatable bonds is 16. The van der Waals surface area contributed by atoms with Crippen LogP contribution in [0.25, 0.3) is 0 Å². The molecule has 1 unspecified atom stereocenters. The lowest BCUT2D eigenvalue weighted by Crippen LogP contribution is -2.44. The number of alkyl halides is 1. The Morgan fingerprint density at radius 2 is 1.69 bits per heavy atom. The molecule has 2 saturated heterocycles. The van der Waals surface area contributed by atoms with Crippen LogP contribution in [0.3, 0.4) is 0 Å². The number of thioether (sulfide) groups is 1. The lowest BCUT2D eigenvalue weighted by atomic mass is 9.91. The van der Waals surface area contributed by atoms with Gasteiger partial charge in [-0.2, -0.15) is 11.8 Å². The molecule has 0 aromatic rings. The molecule has 6 N–H and O–H groups in total. The maximum atomic E-state index is 12.0. The van der Waals surface area contributed by atoms with Crippen molar-refractivity contribution in [2.24, 2.45) is 23.3 Å². The van der Waals surface area contributed by atoms with Gasteiger partial charge >= 0.3 is 5.97 Å². The Labute approximate surface area is 287 Å². The molecule has 0 radical (unpaired) electrons. The number of hydrazine groups is 1. The van der Waals surface area contributed by atoms with E-state index in [1.54, 1.807) is 0 Å². The number of piperazine rings is 1. The highest BCUT2D eigenvalue weighted by Crippen LogP contribution is 2.25. The number of halogens is 3. The minimum atomic E-state index is -0.760. The molecule has 266 valence electrons. The Morgan fingerprint density at radius 3 is 2.20 bits per heavy atom. The zero-order chi connectivity index (χ0) is 34.5. The highest BCUT2D eigenvalue weighted by atomic mass is 35.5. The zero-order valence-corrected chi connectivity index (χ0v) is 31.1. The fourth-order valence-electron chi connectivity index (χ4n) is 5.21. The van der Waals surface area contributed by atoms with E-state index in [1.807, 2.05) is 31.7 Å². The van der Waals surface area contributed by atoms with Crippen LogP contribution in [0.5, 0.6) is 0 Å². The summed E-state index contributed by atoms with van der Waals surface area (Å²) < 4.78 is 18.4. The Kier molecular flexibility index (Phi) is 32.3. The van der Waals surface area contributed by atoms with E-state index in [9.17, 15) is 9.32 Å². The number of carbonyl (C=O) groups excluding carboxylic acids is 1. The molecule has 2 fully saturated rings. The minimum absolute atomic E-state index is 0.0308. The summed E-state index contributed by atoms with van der Waals surface area (Å²) in [6.07, 6.45) is 14.4. The summed E-state index contributed by atoms with van der Waals surface area (Å²) in [5.41, 5.74) is 5.86. The van der Waals surface area contributed by atoms with Gasteiger partial charge in [0.05, 0.1) is 0 Å². The summed E-state index contributed by atoms with van der Waals surface area (Å²) in [6.45, 7) is 16.3. The first-order chi connectivity index (χ1) is 21.7. The SMILES string of the molecule is C/C=C(\CC(C/C=C(\C)Cl)O/C(C)=C/N1CCN(CCCSC)CC1)CN1CCC(CCC(=O)OF)CC1.CCCl.CN.NN. The van der Waals surface area contributed by atoms with Crippen molar-refractivity contribution in [1.82, 2.24) is 14.7 Å². The number of ether oxygens (including phenoxy) is 1. The average Bonchev–Trinajstić information content (AvgIpc) is 3.05. The van der Waals surface area contributed by atoms with Gasteiger partial charge in [0.2, 0.25) is 0 Å². The highest BCUT2D eigenvalue weighted by molar-refractivity contribution is 7.98. The number of nitrogens with zero attached hydrogens (tertiary/aromatic N) is 3. The van der Waals surface area contributed by atoms with Gasteiger partial charge in [-0.25, -0.2) is 4.79 Å². The van der Waals surface area contributed by atoms with E-state index in [0.717, 1.165) is 88.2 Å². The summed E-state index contributed by atoms with van der Waals surface area (Å²) >= 11 is 13.1. The van der Waals surface area contributed by atoms with Crippen LogP contribution in [0.15, 0.2) is 34.7 Å². The summed E-state index contributed by atoms with van der Waals surface area (Å²) in [4.78, 5) is 21.8. The minimum Gasteiger partial charge on any atom is -0.493 e. The molecule has 0 aliphatic carbocycles. The molecule has 2 aliphatic heterocycles. The van der Waals surface area contributed by atoms with Crippen LogP contribution in [0, 0.1) is 5.92 Å². The lowest BCUT2D eigenvalue weighted by Gasteiger charge is -2.34. The second kappa shape index (κ2) is 31.5. The molecule has 1 atom stereocenters. The first-order valence-electron chi connectivity index (χ1n) is 16.0. The Bertz CT molecular complexity index is 806. The predicted octanol–water partition coefficient (Wildman–Crippen LogP) is 6.03. The topological polar surface area (TPSA) is 123 Å². The smallest absolute Gasteiger partial charge is 0.348 e. The average molecular weight is 702 g/mol. The van der Waals surface area contributed by atoms with Crippen LogP contribution < -0.4 is 17.4 Å². The summed E-state index contributed by atoms with van der Waals surface area (Å²) in [6, 6.07) is 0. The molecule has 0 bridgehead atoms. The van der Waals surface area contributed by atoms with Crippen molar-refractivity contribution in [2.75, 3.05) is 77.3 Å². The highest BCUT2D eigenvalue weighted by Gasteiger charge is 2.22. The molecule has 9 nitrogen and oxygen atoms in total. The second-order valence-corrected chi connectivity index (χ2v) is 13.0. The van der Waals surface area contributed by atoms with Crippen molar-refractivity contribution < 1.29 is 19.0 Å². The van der Waals surface area contributed by atoms with E-state index in [2.05, 4.69) is 69.4 Å². The van der Waals surface area contributed by atoms with Crippen molar-refractivity contribution in [1.29, 1.82) is 0 Å². The van der Waals surface area contributed by atoms with Gasteiger partial charge in [0.1, 0.15) is 11.9 Å². The van der Waals surface area contributed by atoms with E-state index in [0.29, 0.717) is 12.3 Å². The largest absolute Gasteiger partial charge is 0.493 e. The van der Waals surface area contributed by atoms with Crippen LogP contribution in [0.4, 0.5) is 4.53 Å². The maximum Gasteiger partial charge on any atom is 0.348 e. The molecule has 0 saturated carbocycles. The molecule has 0 amide bonds. The van der Waals surface area contributed by atoms with Gasteiger partial charge in [-0.15, -0.1) is 11.6 Å². The Balaban J connectivity index is 0. The number of nitrogens with two attached hydrogens (primary N) is 3. The van der Waals surface area contributed by atoms with Crippen molar-refractivity contribution in [3.05, 3.63) is 34.7 Å². The number of likely N-dealkylation sites (tertiary alicyclic amines) is 1. The van der Waals surface area contributed by atoms with Crippen LogP contribution in [-0.2, 0) is 14.5 Å². The Hall–Kier alpha value is -1.05. The monoisotopic (exact) mass is 700 g/mol. The number of piperidine rings is 1. The molecule has 0 aromatic heterocycles. The second-order valence-electron chi connectivity index (χ2n) is 10.9. The third-order valence-electron chi connectivity index (χ3n) is 7.48. The third-order valence-corrected chi connectivity index (χ3v) is 8.33. The van der Waals surface area contributed by atoms with Gasteiger partial charge < -0.3 is 15.4 Å². The molecule has 45 heavy (non-hydrogen) atoms. The summed E-state index contributed by atoms with van der Waals surface area (Å²) in [7, 11) is 1.50. The van der Waals surface area contributed by atoms with Crippen molar-refractivity contribution in [2.45, 2.75) is 78.7 Å². The predicted molar refractivity (Wildman–Crippen MR) is 193 cm³/mol. The van der Waals surface area contributed by atoms with Crippen molar-refractivity contribution in [3.8, 4) is 0 Å². The van der Waals surface area contributed by atoms with E-state index in [1.165, 1.54) is 31.3 Å². The molecule has 2 heterocycles. The lowest BCUT2D eigenvalue weighted by molar-refractivity contribution is -0.184. The summed E-state index contributed by atoms with van der Waals surface area (Å²) in [5.74, 6) is 10.6. The normalized spacial score (nSPS) is 17.6. The van der Waals surface area contributed by atoms with Gasteiger partial charge in [0.15, 0.2) is 0 Å². The molecule has 13 heteroatoms. The van der Waals surface area contributed by atoms with Crippen molar-refractivity contribution >= 4 is 40.9 Å².